The van der Waals surface area contributed by atoms with Crippen LogP contribution in [0.1, 0.15) is 39.5 Å². The smallest absolute Gasteiger partial charge is 0.0293 e. The van der Waals surface area contributed by atoms with Gasteiger partial charge in [0, 0.05) is 12.1 Å². The Kier molecular flexibility index (Phi) is 2.69. The summed E-state index contributed by atoms with van der Waals surface area (Å²) in [5.74, 6) is 0. The Morgan fingerprint density at radius 3 is 2.90 bits per heavy atom. The minimum Gasteiger partial charge on any atom is -0.257 e. The first-order chi connectivity index (χ1) is 4.77. The van der Waals surface area contributed by atoms with Crippen LogP contribution in [0.15, 0.2) is 0 Å². The molecule has 10 heavy (non-hydrogen) atoms. The van der Waals surface area contributed by atoms with Crippen molar-refractivity contribution in [3.63, 3.8) is 0 Å². The van der Waals surface area contributed by atoms with Crippen molar-refractivity contribution in [2.75, 3.05) is 6.54 Å². The summed E-state index contributed by atoms with van der Waals surface area (Å²) in [6.07, 6.45) is 5.17. The van der Waals surface area contributed by atoms with Gasteiger partial charge in [0.2, 0.25) is 0 Å². The van der Waals surface area contributed by atoms with E-state index in [1.54, 1.807) is 0 Å². The van der Waals surface area contributed by atoms with Crippen molar-refractivity contribution in [1.82, 2.24) is 10.9 Å². The Balaban J connectivity index is 2.41. The van der Waals surface area contributed by atoms with E-state index in [1.165, 1.54) is 25.7 Å². The van der Waals surface area contributed by atoms with Crippen LogP contribution in [0.2, 0.25) is 0 Å². The van der Waals surface area contributed by atoms with Crippen molar-refractivity contribution < 1.29 is 0 Å². The molecule has 0 aromatic rings. The molecule has 0 aromatic heterocycles. The van der Waals surface area contributed by atoms with E-state index in [0.717, 1.165) is 6.54 Å². The van der Waals surface area contributed by atoms with Crippen molar-refractivity contribution in [3.05, 3.63) is 0 Å². The van der Waals surface area contributed by atoms with Crippen LogP contribution in [0, 0.1) is 0 Å². The van der Waals surface area contributed by atoms with Gasteiger partial charge in [0.1, 0.15) is 0 Å². The first-order valence-corrected chi connectivity index (χ1v) is 4.27. The second-order valence-corrected chi connectivity index (χ2v) is 3.42. The highest BCUT2D eigenvalue weighted by molar-refractivity contribution is 4.81. The summed E-state index contributed by atoms with van der Waals surface area (Å²) in [6, 6.07) is 0. The summed E-state index contributed by atoms with van der Waals surface area (Å²) in [6.45, 7) is 5.64. The number of hydrogen-bond acceptors (Lipinski definition) is 2. The lowest BCUT2D eigenvalue weighted by molar-refractivity contribution is 0.299. The normalized spacial score (nSPS) is 35.4. The number of hydrazine groups is 1. The number of hydrogen-bond donors (Lipinski definition) is 2. The summed E-state index contributed by atoms with van der Waals surface area (Å²) in [4.78, 5) is 0. The van der Waals surface area contributed by atoms with Crippen molar-refractivity contribution in [1.29, 1.82) is 0 Å². The molecule has 1 aliphatic heterocycles. The molecule has 1 aliphatic rings. The molecular weight excluding hydrogens is 124 g/mol. The lowest BCUT2D eigenvalue weighted by atomic mass is 9.94. The SMILES string of the molecule is CCC1(C)CCCCNN1. The van der Waals surface area contributed by atoms with E-state index in [1.807, 2.05) is 0 Å². The first kappa shape index (κ1) is 8.02. The van der Waals surface area contributed by atoms with Crippen molar-refractivity contribution in [2.45, 2.75) is 45.1 Å². The fourth-order valence-corrected chi connectivity index (χ4v) is 1.33. The standard InChI is InChI=1S/C8H18N2/c1-3-8(2)6-4-5-7-9-10-8/h9-10H,3-7H2,1-2H3. The van der Waals surface area contributed by atoms with Gasteiger partial charge in [-0.15, -0.1) is 0 Å². The van der Waals surface area contributed by atoms with Crippen molar-refractivity contribution in [3.8, 4) is 0 Å². The van der Waals surface area contributed by atoms with Gasteiger partial charge in [-0.2, -0.15) is 0 Å². The molecule has 0 bridgehead atoms. The van der Waals surface area contributed by atoms with Crippen LogP contribution in [-0.4, -0.2) is 12.1 Å². The second-order valence-electron chi connectivity index (χ2n) is 3.42. The lowest BCUT2D eigenvalue weighted by Crippen LogP contribution is -2.48. The predicted octanol–water partition coefficient (Wildman–Crippen LogP) is 1.43. The molecule has 1 atom stereocenters. The lowest BCUT2D eigenvalue weighted by Gasteiger charge is -2.27. The topological polar surface area (TPSA) is 24.1 Å². The van der Waals surface area contributed by atoms with Gasteiger partial charge in [-0.3, -0.25) is 10.9 Å². The van der Waals surface area contributed by atoms with Crippen LogP contribution >= 0.6 is 0 Å². The van der Waals surface area contributed by atoms with Crippen LogP contribution in [0.5, 0.6) is 0 Å². The molecule has 1 heterocycles. The molecule has 1 fully saturated rings. The van der Waals surface area contributed by atoms with Crippen LogP contribution in [0.3, 0.4) is 0 Å². The summed E-state index contributed by atoms with van der Waals surface area (Å²) in [5.41, 5.74) is 6.94. The van der Waals surface area contributed by atoms with Crippen LogP contribution in [0.4, 0.5) is 0 Å². The third-order valence-electron chi connectivity index (χ3n) is 2.45. The Labute approximate surface area is 63.4 Å². The fraction of sp³-hybridized carbons (Fsp3) is 1.00. The largest absolute Gasteiger partial charge is 0.257 e. The third-order valence-corrected chi connectivity index (χ3v) is 2.45. The maximum Gasteiger partial charge on any atom is 0.0293 e. The highest BCUT2D eigenvalue weighted by Gasteiger charge is 2.21. The molecule has 1 rings (SSSR count). The van der Waals surface area contributed by atoms with E-state index in [2.05, 4.69) is 24.7 Å². The molecular formula is C8H18N2. The Morgan fingerprint density at radius 2 is 2.20 bits per heavy atom. The van der Waals surface area contributed by atoms with Crippen LogP contribution < -0.4 is 10.9 Å². The molecule has 1 unspecified atom stereocenters. The molecule has 2 nitrogen and oxygen atoms in total. The summed E-state index contributed by atoms with van der Waals surface area (Å²) in [7, 11) is 0. The molecule has 0 spiro atoms. The summed E-state index contributed by atoms with van der Waals surface area (Å²) < 4.78 is 0. The number of rotatable bonds is 1. The molecule has 0 aliphatic carbocycles. The highest BCUT2D eigenvalue weighted by atomic mass is 15.4. The van der Waals surface area contributed by atoms with Gasteiger partial charge in [-0.1, -0.05) is 13.3 Å². The monoisotopic (exact) mass is 142 g/mol. The van der Waals surface area contributed by atoms with Crippen molar-refractivity contribution in [2.24, 2.45) is 0 Å². The maximum atomic E-state index is 3.36. The highest BCUT2D eigenvalue weighted by Crippen LogP contribution is 2.18. The molecule has 0 saturated carbocycles. The average Bonchev–Trinajstić information content (AvgIpc) is 2.15. The molecule has 0 radical (unpaired) electrons. The zero-order chi connectivity index (χ0) is 7.45. The zero-order valence-electron chi connectivity index (χ0n) is 7.04. The molecule has 0 amide bonds. The quantitative estimate of drug-likeness (QED) is 0.579. The van der Waals surface area contributed by atoms with Crippen LogP contribution in [-0.2, 0) is 0 Å². The minimum absolute atomic E-state index is 0.344. The van der Waals surface area contributed by atoms with E-state index >= 15 is 0 Å². The van der Waals surface area contributed by atoms with E-state index in [9.17, 15) is 0 Å². The zero-order valence-corrected chi connectivity index (χ0v) is 7.04. The van der Waals surface area contributed by atoms with Crippen LogP contribution in [0.25, 0.3) is 0 Å². The predicted molar refractivity (Wildman–Crippen MR) is 43.7 cm³/mol. The molecule has 2 heteroatoms. The Bertz CT molecular complexity index is 93.4. The molecule has 60 valence electrons. The third kappa shape index (κ3) is 1.96. The van der Waals surface area contributed by atoms with Gasteiger partial charge >= 0.3 is 0 Å². The molecule has 2 N–H and O–H groups in total. The second kappa shape index (κ2) is 3.35. The number of nitrogens with one attached hydrogen (secondary N) is 2. The maximum absolute atomic E-state index is 3.36. The molecule has 1 saturated heterocycles. The Morgan fingerprint density at radius 1 is 1.40 bits per heavy atom. The van der Waals surface area contributed by atoms with E-state index in [-0.39, 0.29) is 0 Å². The van der Waals surface area contributed by atoms with Gasteiger partial charge in [-0.25, -0.2) is 0 Å². The van der Waals surface area contributed by atoms with Crippen molar-refractivity contribution >= 4 is 0 Å². The summed E-state index contributed by atoms with van der Waals surface area (Å²) in [5, 5.41) is 0. The van der Waals surface area contributed by atoms with Gasteiger partial charge in [0.15, 0.2) is 0 Å². The van der Waals surface area contributed by atoms with Gasteiger partial charge in [0.25, 0.3) is 0 Å². The average molecular weight is 142 g/mol. The van der Waals surface area contributed by atoms with E-state index in [0.29, 0.717) is 5.54 Å². The summed E-state index contributed by atoms with van der Waals surface area (Å²) >= 11 is 0. The van der Waals surface area contributed by atoms with Gasteiger partial charge in [-0.05, 0) is 26.2 Å². The van der Waals surface area contributed by atoms with E-state index in [4.69, 9.17) is 0 Å². The fourth-order valence-electron chi connectivity index (χ4n) is 1.33. The molecule has 0 aromatic carbocycles. The van der Waals surface area contributed by atoms with Gasteiger partial charge in [0.05, 0.1) is 0 Å². The minimum atomic E-state index is 0.344. The Hall–Kier alpha value is -0.0800. The van der Waals surface area contributed by atoms with E-state index < -0.39 is 0 Å². The first-order valence-electron chi connectivity index (χ1n) is 4.27. The van der Waals surface area contributed by atoms with Gasteiger partial charge < -0.3 is 0 Å².